The number of hydrogen-bond acceptors (Lipinski definition) is 5. The van der Waals surface area contributed by atoms with Crippen LogP contribution in [0, 0.1) is 0 Å². The van der Waals surface area contributed by atoms with E-state index < -0.39 is 12.0 Å². The van der Waals surface area contributed by atoms with Crippen LogP contribution in [0.25, 0.3) is 0 Å². The van der Waals surface area contributed by atoms with Gasteiger partial charge in [0.1, 0.15) is 12.4 Å². The summed E-state index contributed by atoms with van der Waals surface area (Å²) in [4.78, 5) is 26.9. The normalized spacial score (nSPS) is 25.0. The fraction of sp³-hybridized carbons (Fsp3) is 0.667. The number of urea groups is 1. The molecular weight excluding hydrogens is 278 g/mol. The molecule has 0 saturated carbocycles. The molecule has 1 aromatic rings. The van der Waals surface area contributed by atoms with Crippen molar-refractivity contribution >= 4 is 12.0 Å². The van der Waals surface area contributed by atoms with Crippen molar-refractivity contribution < 1.29 is 19.4 Å². The highest BCUT2D eigenvalue weighted by molar-refractivity contribution is 5.83. The molecule has 1 N–H and O–H groups in total. The molecule has 3 rings (SSSR count). The van der Waals surface area contributed by atoms with E-state index in [4.69, 9.17) is 4.74 Å². The quantitative estimate of drug-likeness (QED) is 0.781. The lowest BCUT2D eigenvalue weighted by Crippen LogP contribution is -2.50. The number of carbonyl (C=O) groups excluding carboxylic acids is 1. The van der Waals surface area contributed by atoms with Crippen LogP contribution in [-0.4, -0.2) is 74.0 Å². The predicted molar refractivity (Wildman–Crippen MR) is 69.4 cm³/mol. The maximum atomic E-state index is 12.6. The first kappa shape index (κ1) is 13.8. The molecule has 21 heavy (non-hydrogen) atoms. The minimum Gasteiger partial charge on any atom is -0.480 e. The van der Waals surface area contributed by atoms with Gasteiger partial charge in [-0.05, 0) is 0 Å². The van der Waals surface area contributed by atoms with Crippen molar-refractivity contribution in [2.75, 3.05) is 20.2 Å². The number of methoxy groups -OCH3 is 1. The Morgan fingerprint density at radius 3 is 2.95 bits per heavy atom. The first-order valence-electron chi connectivity index (χ1n) is 6.78. The number of aromatic nitrogens is 3. The molecule has 0 bridgehead atoms. The summed E-state index contributed by atoms with van der Waals surface area (Å²) in [6, 6.07) is -1.11. The van der Waals surface area contributed by atoms with Gasteiger partial charge in [-0.3, -0.25) is 0 Å². The number of carboxylic acids is 1. The molecule has 1 fully saturated rings. The second kappa shape index (κ2) is 5.32. The predicted octanol–water partition coefficient (Wildman–Crippen LogP) is -0.612. The van der Waals surface area contributed by atoms with Gasteiger partial charge in [0.05, 0.1) is 12.6 Å². The average molecular weight is 295 g/mol. The number of nitrogens with zero attached hydrogens (tertiary/aromatic N) is 5. The standard InChI is InChI=1S/C12H17N5O4/c1-21-8-4-9(11(18)19)17(5-8)12(20)15-2-3-16-7-13-14-10(16)6-15/h7-9H,2-6H2,1H3,(H,18,19). The summed E-state index contributed by atoms with van der Waals surface area (Å²) in [5.74, 6) is -0.285. The van der Waals surface area contributed by atoms with Crippen LogP contribution in [0.2, 0.25) is 0 Å². The van der Waals surface area contributed by atoms with Crippen LogP contribution < -0.4 is 0 Å². The van der Waals surface area contributed by atoms with Gasteiger partial charge in [-0.1, -0.05) is 0 Å². The summed E-state index contributed by atoms with van der Waals surface area (Å²) in [6.07, 6.45) is 1.72. The third-order valence-electron chi connectivity index (χ3n) is 4.04. The van der Waals surface area contributed by atoms with Gasteiger partial charge in [0.25, 0.3) is 0 Å². The number of rotatable bonds is 2. The lowest BCUT2D eigenvalue weighted by Gasteiger charge is -2.32. The molecule has 1 saturated heterocycles. The van der Waals surface area contributed by atoms with Gasteiger partial charge < -0.3 is 24.2 Å². The van der Waals surface area contributed by atoms with Crippen molar-refractivity contribution in [1.29, 1.82) is 0 Å². The van der Waals surface area contributed by atoms with Crippen LogP contribution in [-0.2, 0) is 22.6 Å². The van der Waals surface area contributed by atoms with E-state index in [-0.39, 0.29) is 12.1 Å². The molecular formula is C12H17N5O4. The summed E-state index contributed by atoms with van der Waals surface area (Å²) in [6.45, 7) is 1.78. The molecule has 9 nitrogen and oxygen atoms in total. The van der Waals surface area contributed by atoms with Gasteiger partial charge in [-0.15, -0.1) is 10.2 Å². The summed E-state index contributed by atoms with van der Waals surface area (Å²) < 4.78 is 7.09. The topological polar surface area (TPSA) is 101 Å². The third kappa shape index (κ3) is 2.44. The molecule has 9 heteroatoms. The number of fused-ring (bicyclic) bond motifs is 1. The number of amides is 2. The van der Waals surface area contributed by atoms with Crippen LogP contribution in [0.4, 0.5) is 4.79 Å². The summed E-state index contributed by atoms with van der Waals surface area (Å²) >= 11 is 0. The first-order valence-corrected chi connectivity index (χ1v) is 6.78. The van der Waals surface area contributed by atoms with Gasteiger partial charge in [0.15, 0.2) is 5.82 Å². The van der Waals surface area contributed by atoms with Crippen LogP contribution >= 0.6 is 0 Å². The SMILES string of the molecule is COC1CC(C(=O)O)N(C(=O)N2CCn3cnnc3C2)C1. The number of aliphatic carboxylic acids is 1. The largest absolute Gasteiger partial charge is 0.480 e. The molecule has 3 heterocycles. The Labute approximate surface area is 121 Å². The van der Waals surface area contributed by atoms with E-state index in [1.165, 1.54) is 12.0 Å². The van der Waals surface area contributed by atoms with E-state index in [9.17, 15) is 14.7 Å². The molecule has 114 valence electrons. The highest BCUT2D eigenvalue weighted by atomic mass is 16.5. The zero-order chi connectivity index (χ0) is 15.0. The maximum Gasteiger partial charge on any atom is 0.326 e. The Morgan fingerprint density at radius 2 is 2.24 bits per heavy atom. The Bertz CT molecular complexity index is 560. The van der Waals surface area contributed by atoms with Crippen LogP contribution in [0.3, 0.4) is 0 Å². The monoisotopic (exact) mass is 295 g/mol. The Hall–Kier alpha value is -2.16. The zero-order valence-electron chi connectivity index (χ0n) is 11.7. The highest BCUT2D eigenvalue weighted by Crippen LogP contribution is 2.23. The lowest BCUT2D eigenvalue weighted by atomic mass is 10.2. The van der Waals surface area contributed by atoms with E-state index in [0.717, 1.165) is 0 Å². The van der Waals surface area contributed by atoms with E-state index in [1.807, 2.05) is 4.57 Å². The van der Waals surface area contributed by atoms with Crippen molar-refractivity contribution in [1.82, 2.24) is 24.6 Å². The molecule has 2 atom stereocenters. The molecule has 2 aliphatic heterocycles. The number of carbonyl (C=O) groups is 2. The second-order valence-corrected chi connectivity index (χ2v) is 5.24. The molecule has 2 aliphatic rings. The maximum absolute atomic E-state index is 12.6. The number of ether oxygens (including phenoxy) is 1. The highest BCUT2D eigenvalue weighted by Gasteiger charge is 2.42. The smallest absolute Gasteiger partial charge is 0.326 e. The molecule has 2 amide bonds. The molecule has 0 spiro atoms. The number of hydrogen-bond donors (Lipinski definition) is 1. The van der Waals surface area contributed by atoms with Crippen LogP contribution in [0.15, 0.2) is 6.33 Å². The fourth-order valence-corrected chi connectivity index (χ4v) is 2.82. The minimum absolute atomic E-state index is 0.233. The number of carboxylic acid groups (broad SMARTS) is 1. The van der Waals surface area contributed by atoms with Gasteiger partial charge >= 0.3 is 12.0 Å². The molecule has 2 unspecified atom stereocenters. The Morgan fingerprint density at radius 1 is 1.43 bits per heavy atom. The van der Waals surface area contributed by atoms with Gasteiger partial charge in [0.2, 0.25) is 0 Å². The van der Waals surface area contributed by atoms with Gasteiger partial charge in [-0.25, -0.2) is 9.59 Å². The van der Waals surface area contributed by atoms with Crippen LogP contribution in [0.1, 0.15) is 12.2 Å². The lowest BCUT2D eigenvalue weighted by molar-refractivity contribution is -0.141. The minimum atomic E-state index is -0.997. The fourth-order valence-electron chi connectivity index (χ4n) is 2.82. The Kier molecular flexibility index (Phi) is 3.50. The molecule has 0 aliphatic carbocycles. The van der Waals surface area contributed by atoms with Crippen molar-refractivity contribution in [2.24, 2.45) is 0 Å². The van der Waals surface area contributed by atoms with Gasteiger partial charge in [-0.2, -0.15) is 0 Å². The van der Waals surface area contributed by atoms with Crippen LogP contribution in [0.5, 0.6) is 0 Å². The average Bonchev–Trinajstić information content (AvgIpc) is 3.11. The Balaban J connectivity index is 1.74. The zero-order valence-corrected chi connectivity index (χ0v) is 11.7. The molecule has 1 aromatic heterocycles. The van der Waals surface area contributed by atoms with Gasteiger partial charge in [0, 0.05) is 33.2 Å². The summed E-state index contributed by atoms with van der Waals surface area (Å²) in [5, 5.41) is 17.0. The third-order valence-corrected chi connectivity index (χ3v) is 4.04. The van der Waals surface area contributed by atoms with Crippen molar-refractivity contribution in [3.05, 3.63) is 12.2 Å². The van der Waals surface area contributed by atoms with Crippen molar-refractivity contribution in [2.45, 2.75) is 31.7 Å². The number of likely N-dealkylation sites (tertiary alicyclic amines) is 1. The van der Waals surface area contributed by atoms with E-state index in [1.54, 1.807) is 11.2 Å². The van der Waals surface area contributed by atoms with Crippen molar-refractivity contribution in [3.63, 3.8) is 0 Å². The molecule has 0 radical (unpaired) electrons. The first-order chi connectivity index (χ1) is 10.1. The second-order valence-electron chi connectivity index (χ2n) is 5.24. The summed E-state index contributed by atoms with van der Waals surface area (Å²) in [7, 11) is 1.53. The molecule has 0 aromatic carbocycles. The van der Waals surface area contributed by atoms with E-state index in [0.29, 0.717) is 38.4 Å². The summed E-state index contributed by atoms with van der Waals surface area (Å²) in [5.41, 5.74) is 0. The van der Waals surface area contributed by atoms with E-state index >= 15 is 0 Å². The van der Waals surface area contributed by atoms with Crippen molar-refractivity contribution in [3.8, 4) is 0 Å². The van der Waals surface area contributed by atoms with E-state index in [2.05, 4.69) is 10.2 Å².